The predicted molar refractivity (Wildman–Crippen MR) is 120 cm³/mol. The molecule has 0 saturated carbocycles. The number of aromatic amines is 1. The quantitative estimate of drug-likeness (QED) is 0.145. The maximum absolute atomic E-state index is 13.0. The van der Waals surface area contributed by atoms with Crippen LogP contribution in [0.5, 0.6) is 0 Å². The summed E-state index contributed by atoms with van der Waals surface area (Å²) in [5, 5.41) is 32.2. The number of rotatable bonds is 14. The number of hydrogen-bond donors (Lipinski definition) is 7. The molecule has 2 heterocycles. The van der Waals surface area contributed by atoms with E-state index in [0.29, 0.717) is 12.1 Å². The molecule has 15 heteroatoms. The molecule has 1 aliphatic rings. The van der Waals surface area contributed by atoms with Gasteiger partial charge in [0, 0.05) is 37.7 Å². The molecule has 4 unspecified atom stereocenters. The highest BCUT2D eigenvalue weighted by Crippen LogP contribution is 2.20. The lowest BCUT2D eigenvalue weighted by Gasteiger charge is -2.28. The Hall–Kier alpha value is -4.01. The molecule has 4 atom stereocenters. The minimum atomic E-state index is -1.39. The number of likely N-dealkylation sites (tertiary alicyclic amines) is 1. The molecule has 1 aromatic heterocycles. The van der Waals surface area contributed by atoms with Crippen LogP contribution in [0.4, 0.5) is 0 Å². The number of aliphatic carboxylic acids is 3. The van der Waals surface area contributed by atoms with Gasteiger partial charge in [-0.2, -0.15) is 0 Å². The second kappa shape index (κ2) is 13.2. The van der Waals surface area contributed by atoms with Gasteiger partial charge in [0.05, 0.1) is 12.4 Å². The molecule has 0 aromatic carbocycles. The van der Waals surface area contributed by atoms with Gasteiger partial charge in [-0.1, -0.05) is 0 Å². The molecule has 0 radical (unpaired) electrons. The van der Waals surface area contributed by atoms with Crippen molar-refractivity contribution in [2.24, 2.45) is 5.73 Å². The van der Waals surface area contributed by atoms with E-state index in [-0.39, 0.29) is 32.2 Å². The van der Waals surface area contributed by atoms with Crippen molar-refractivity contribution in [2.45, 2.75) is 69.1 Å². The van der Waals surface area contributed by atoms with E-state index >= 15 is 0 Å². The Kier molecular flexibility index (Phi) is 10.3. The van der Waals surface area contributed by atoms with Crippen molar-refractivity contribution in [1.82, 2.24) is 25.5 Å². The van der Waals surface area contributed by atoms with Gasteiger partial charge in [-0.25, -0.2) is 9.78 Å². The third-order valence-electron chi connectivity index (χ3n) is 5.69. The van der Waals surface area contributed by atoms with Crippen LogP contribution in [-0.2, 0) is 35.2 Å². The average molecular weight is 511 g/mol. The molecule has 0 spiro atoms. The van der Waals surface area contributed by atoms with Gasteiger partial charge in [0.2, 0.25) is 17.7 Å². The number of carboxylic acid groups (broad SMARTS) is 3. The van der Waals surface area contributed by atoms with Gasteiger partial charge in [-0.3, -0.25) is 24.0 Å². The molecule has 1 fully saturated rings. The molecule has 15 nitrogen and oxygen atoms in total. The summed E-state index contributed by atoms with van der Waals surface area (Å²) < 4.78 is 0. The maximum Gasteiger partial charge on any atom is 0.326 e. The van der Waals surface area contributed by atoms with Crippen molar-refractivity contribution >= 4 is 35.6 Å². The fourth-order valence-corrected chi connectivity index (χ4v) is 3.83. The fourth-order valence-electron chi connectivity index (χ4n) is 3.83. The molecular weight excluding hydrogens is 480 g/mol. The molecule has 2 rings (SSSR count). The van der Waals surface area contributed by atoms with Crippen LogP contribution in [0, 0.1) is 0 Å². The van der Waals surface area contributed by atoms with Gasteiger partial charge >= 0.3 is 17.9 Å². The van der Waals surface area contributed by atoms with Crippen molar-refractivity contribution in [2.75, 3.05) is 6.54 Å². The number of hydrogen-bond acceptors (Lipinski definition) is 8. The summed E-state index contributed by atoms with van der Waals surface area (Å²) in [5.41, 5.74) is 6.44. The standard InChI is InChI=1S/C21H30N6O9/c22-12(8-11-9-23-10-24-11)18(32)25-13(3-5-16(28)29)19(33)26-14(4-6-17(30)31)20(34)27-7-1-2-15(27)21(35)36/h9-10,12-15H,1-8,22H2,(H,23,24)(H,25,32)(H,26,33)(H,28,29)(H,30,31)(H,35,36). The van der Waals surface area contributed by atoms with Crippen LogP contribution in [-0.4, -0.2) is 96.5 Å². The minimum absolute atomic E-state index is 0.0599. The second-order valence-corrected chi connectivity index (χ2v) is 8.40. The van der Waals surface area contributed by atoms with Crippen LogP contribution < -0.4 is 16.4 Å². The van der Waals surface area contributed by atoms with E-state index in [1.807, 2.05) is 0 Å². The first-order chi connectivity index (χ1) is 17.0. The molecular formula is C21H30N6O9. The normalized spacial score (nSPS) is 17.6. The molecule has 8 N–H and O–H groups in total. The number of nitrogens with zero attached hydrogens (tertiary/aromatic N) is 2. The average Bonchev–Trinajstić information content (AvgIpc) is 3.50. The molecule has 1 aromatic rings. The van der Waals surface area contributed by atoms with Crippen LogP contribution in [0.15, 0.2) is 12.5 Å². The topological polar surface area (TPSA) is 245 Å². The van der Waals surface area contributed by atoms with Crippen LogP contribution in [0.2, 0.25) is 0 Å². The van der Waals surface area contributed by atoms with E-state index in [2.05, 4.69) is 20.6 Å². The van der Waals surface area contributed by atoms with Crippen molar-refractivity contribution in [3.05, 3.63) is 18.2 Å². The molecule has 1 aliphatic heterocycles. The first kappa shape index (κ1) is 28.2. The number of H-pyrrole nitrogens is 1. The van der Waals surface area contributed by atoms with Gasteiger partial charge < -0.3 is 41.6 Å². The Morgan fingerprint density at radius 2 is 1.64 bits per heavy atom. The summed E-state index contributed by atoms with van der Waals surface area (Å²) in [6, 6.07) is -4.99. The second-order valence-electron chi connectivity index (χ2n) is 8.40. The van der Waals surface area contributed by atoms with Gasteiger partial charge in [-0.05, 0) is 25.7 Å². The summed E-state index contributed by atoms with van der Waals surface area (Å²) in [6.07, 6.45) is 1.91. The van der Waals surface area contributed by atoms with Gasteiger partial charge in [0.25, 0.3) is 0 Å². The molecule has 36 heavy (non-hydrogen) atoms. The Labute approximate surface area is 205 Å². The largest absolute Gasteiger partial charge is 0.481 e. The van der Waals surface area contributed by atoms with Crippen molar-refractivity contribution in [1.29, 1.82) is 0 Å². The zero-order chi connectivity index (χ0) is 26.8. The number of carboxylic acids is 3. The first-order valence-electron chi connectivity index (χ1n) is 11.3. The van der Waals surface area contributed by atoms with Crippen LogP contribution >= 0.6 is 0 Å². The number of imidazole rings is 1. The molecule has 0 aliphatic carbocycles. The highest BCUT2D eigenvalue weighted by atomic mass is 16.4. The SMILES string of the molecule is NC(Cc1cnc[nH]1)C(=O)NC(CCC(=O)O)C(=O)NC(CCC(=O)O)C(=O)N1CCCC1C(=O)O. The summed E-state index contributed by atoms with van der Waals surface area (Å²) in [4.78, 5) is 80.0. The smallest absolute Gasteiger partial charge is 0.326 e. The van der Waals surface area contributed by atoms with Crippen LogP contribution in [0.1, 0.15) is 44.2 Å². The summed E-state index contributed by atoms with van der Waals surface area (Å²) in [7, 11) is 0. The summed E-state index contributed by atoms with van der Waals surface area (Å²) in [5.74, 6) is -6.14. The van der Waals surface area contributed by atoms with Crippen molar-refractivity contribution < 1.29 is 44.1 Å². The lowest BCUT2D eigenvalue weighted by Crippen LogP contribution is -2.57. The van der Waals surface area contributed by atoms with Crippen LogP contribution in [0.25, 0.3) is 0 Å². The number of carbonyl (C=O) groups excluding carboxylic acids is 3. The monoisotopic (exact) mass is 510 g/mol. The Morgan fingerprint density at radius 3 is 2.19 bits per heavy atom. The Morgan fingerprint density at radius 1 is 1.03 bits per heavy atom. The highest BCUT2D eigenvalue weighted by molar-refractivity contribution is 5.94. The molecule has 1 saturated heterocycles. The number of nitrogens with one attached hydrogen (secondary N) is 3. The van der Waals surface area contributed by atoms with Crippen molar-refractivity contribution in [3.63, 3.8) is 0 Å². The van der Waals surface area contributed by atoms with Gasteiger partial charge in [-0.15, -0.1) is 0 Å². The van der Waals surface area contributed by atoms with E-state index in [1.165, 1.54) is 12.5 Å². The number of aromatic nitrogens is 2. The number of nitrogens with two attached hydrogens (primary N) is 1. The Balaban J connectivity index is 2.15. The lowest BCUT2D eigenvalue weighted by atomic mass is 10.1. The first-order valence-corrected chi connectivity index (χ1v) is 11.3. The van der Waals surface area contributed by atoms with Crippen molar-refractivity contribution in [3.8, 4) is 0 Å². The Bertz CT molecular complexity index is 967. The lowest BCUT2D eigenvalue weighted by molar-refractivity contribution is -0.150. The third-order valence-corrected chi connectivity index (χ3v) is 5.69. The highest BCUT2D eigenvalue weighted by Gasteiger charge is 2.38. The van der Waals surface area contributed by atoms with E-state index in [0.717, 1.165) is 4.90 Å². The fraction of sp³-hybridized carbons (Fsp3) is 0.571. The van der Waals surface area contributed by atoms with Crippen LogP contribution in [0.3, 0.4) is 0 Å². The van der Waals surface area contributed by atoms with E-state index < -0.39 is 72.6 Å². The van der Waals surface area contributed by atoms with Gasteiger partial charge in [0.1, 0.15) is 18.1 Å². The van der Waals surface area contributed by atoms with E-state index in [9.17, 15) is 33.9 Å². The zero-order valence-electron chi connectivity index (χ0n) is 19.4. The summed E-state index contributed by atoms with van der Waals surface area (Å²) in [6.45, 7) is 0.122. The van der Waals surface area contributed by atoms with E-state index in [4.69, 9.17) is 15.9 Å². The van der Waals surface area contributed by atoms with Gasteiger partial charge in [0.15, 0.2) is 0 Å². The number of carbonyl (C=O) groups is 6. The van der Waals surface area contributed by atoms with E-state index in [1.54, 1.807) is 0 Å². The number of amides is 3. The predicted octanol–water partition coefficient (Wildman–Crippen LogP) is -1.95. The zero-order valence-corrected chi connectivity index (χ0v) is 19.4. The minimum Gasteiger partial charge on any atom is -0.481 e. The molecule has 0 bridgehead atoms. The molecule has 3 amide bonds. The molecule has 198 valence electrons. The summed E-state index contributed by atoms with van der Waals surface area (Å²) >= 11 is 0. The third kappa shape index (κ3) is 8.33. The maximum atomic E-state index is 13.0.